The number of carbonyl (C=O) groups excluding carboxylic acids is 1. The third kappa shape index (κ3) is 4.04. The van der Waals surface area contributed by atoms with E-state index in [0.717, 1.165) is 3.57 Å². The molecular formula is C15H11BrINO3. The van der Waals surface area contributed by atoms with Crippen LogP contribution < -0.4 is 5.32 Å². The van der Waals surface area contributed by atoms with Crippen molar-refractivity contribution in [3.05, 3.63) is 67.7 Å². The van der Waals surface area contributed by atoms with Gasteiger partial charge in [0.2, 0.25) is 0 Å². The van der Waals surface area contributed by atoms with Crippen molar-refractivity contribution in [3.8, 4) is 0 Å². The maximum Gasteiger partial charge on any atom is 0.330 e. The predicted octanol–water partition coefficient (Wildman–Crippen LogP) is 3.61. The van der Waals surface area contributed by atoms with Gasteiger partial charge in [0, 0.05) is 8.04 Å². The van der Waals surface area contributed by atoms with Gasteiger partial charge in [-0.15, -0.1) is 0 Å². The first-order valence-electron chi connectivity index (χ1n) is 6.02. The van der Waals surface area contributed by atoms with E-state index in [-0.39, 0.29) is 0 Å². The molecule has 0 radical (unpaired) electrons. The highest BCUT2D eigenvalue weighted by molar-refractivity contribution is 14.1. The number of carbonyl (C=O) groups is 2. The van der Waals surface area contributed by atoms with Crippen LogP contribution in [-0.2, 0) is 4.79 Å². The Morgan fingerprint density at radius 3 is 2.43 bits per heavy atom. The Bertz CT molecular complexity index is 676. The molecule has 4 nitrogen and oxygen atoms in total. The molecule has 0 spiro atoms. The van der Waals surface area contributed by atoms with Crippen LogP contribution in [-0.4, -0.2) is 17.0 Å². The Labute approximate surface area is 143 Å². The van der Waals surface area contributed by atoms with Crippen LogP contribution in [0.4, 0.5) is 0 Å². The van der Waals surface area contributed by atoms with Crippen molar-refractivity contribution in [1.82, 2.24) is 5.32 Å². The van der Waals surface area contributed by atoms with Gasteiger partial charge in [-0.05, 0) is 62.3 Å². The molecule has 0 aliphatic rings. The van der Waals surface area contributed by atoms with Crippen molar-refractivity contribution in [2.45, 2.75) is 6.04 Å². The number of hydrogen-bond acceptors (Lipinski definition) is 2. The molecule has 108 valence electrons. The molecule has 0 aliphatic carbocycles. The zero-order valence-corrected chi connectivity index (χ0v) is 14.5. The van der Waals surface area contributed by atoms with Crippen molar-refractivity contribution >= 4 is 50.4 Å². The summed E-state index contributed by atoms with van der Waals surface area (Å²) in [5, 5.41) is 11.9. The lowest BCUT2D eigenvalue weighted by Gasteiger charge is -2.15. The van der Waals surface area contributed by atoms with Gasteiger partial charge in [-0.3, -0.25) is 4.79 Å². The Balaban J connectivity index is 2.27. The van der Waals surface area contributed by atoms with Gasteiger partial charge in [-0.2, -0.15) is 0 Å². The van der Waals surface area contributed by atoms with Crippen molar-refractivity contribution in [2.75, 3.05) is 0 Å². The molecule has 6 heteroatoms. The monoisotopic (exact) mass is 459 g/mol. The molecule has 0 unspecified atom stereocenters. The summed E-state index contributed by atoms with van der Waals surface area (Å²) in [6.07, 6.45) is 0. The van der Waals surface area contributed by atoms with Crippen LogP contribution in [0.15, 0.2) is 53.0 Å². The molecule has 2 aromatic carbocycles. The van der Waals surface area contributed by atoms with Crippen molar-refractivity contribution in [2.24, 2.45) is 0 Å². The summed E-state index contributed by atoms with van der Waals surface area (Å²) >= 11 is 5.40. The summed E-state index contributed by atoms with van der Waals surface area (Å²) < 4.78 is 1.52. The Morgan fingerprint density at radius 1 is 1.14 bits per heavy atom. The van der Waals surface area contributed by atoms with Crippen LogP contribution >= 0.6 is 38.5 Å². The molecule has 0 fully saturated rings. The lowest BCUT2D eigenvalue weighted by molar-refractivity contribution is -0.139. The van der Waals surface area contributed by atoms with E-state index in [9.17, 15) is 14.7 Å². The van der Waals surface area contributed by atoms with E-state index >= 15 is 0 Å². The molecule has 21 heavy (non-hydrogen) atoms. The third-order valence-corrected chi connectivity index (χ3v) is 4.19. The lowest BCUT2D eigenvalue weighted by Crippen LogP contribution is -2.33. The van der Waals surface area contributed by atoms with Crippen LogP contribution in [0.3, 0.4) is 0 Å². The van der Waals surface area contributed by atoms with Crippen LogP contribution in [0.5, 0.6) is 0 Å². The Morgan fingerprint density at radius 2 is 1.81 bits per heavy atom. The SMILES string of the molecule is O=C(N[C@@H](C(=O)O)c1ccccc1)c1cc(I)ccc1Br. The van der Waals surface area contributed by atoms with Crippen LogP contribution in [0, 0.1) is 3.57 Å². The summed E-state index contributed by atoms with van der Waals surface area (Å²) in [5.41, 5.74) is 0.934. The van der Waals surface area contributed by atoms with E-state index in [0.29, 0.717) is 15.6 Å². The number of nitrogens with one attached hydrogen (secondary N) is 1. The fourth-order valence-electron chi connectivity index (χ4n) is 1.81. The molecular weight excluding hydrogens is 449 g/mol. The summed E-state index contributed by atoms with van der Waals surface area (Å²) in [6, 6.07) is 12.8. The molecule has 0 saturated carbocycles. The van der Waals surface area contributed by atoms with E-state index in [1.807, 2.05) is 6.07 Å². The molecule has 2 rings (SSSR count). The minimum Gasteiger partial charge on any atom is -0.479 e. The van der Waals surface area contributed by atoms with Crippen LogP contribution in [0.2, 0.25) is 0 Å². The Kier molecular flexibility index (Phi) is 5.35. The van der Waals surface area contributed by atoms with Crippen LogP contribution in [0.1, 0.15) is 22.0 Å². The van der Waals surface area contributed by atoms with Gasteiger partial charge < -0.3 is 10.4 Å². The maximum atomic E-state index is 12.3. The van der Waals surface area contributed by atoms with Crippen molar-refractivity contribution in [3.63, 3.8) is 0 Å². The topological polar surface area (TPSA) is 66.4 Å². The fourth-order valence-corrected chi connectivity index (χ4v) is 2.73. The van der Waals surface area contributed by atoms with Gasteiger partial charge in [0.15, 0.2) is 6.04 Å². The third-order valence-electron chi connectivity index (χ3n) is 2.83. The number of aliphatic carboxylic acids is 1. The minimum atomic E-state index is -1.10. The Hall–Kier alpha value is -1.41. The summed E-state index contributed by atoms with van der Waals surface area (Å²) in [6.45, 7) is 0. The van der Waals surface area contributed by atoms with Crippen molar-refractivity contribution in [1.29, 1.82) is 0 Å². The highest BCUT2D eigenvalue weighted by atomic mass is 127. The summed E-state index contributed by atoms with van der Waals surface area (Å²) in [4.78, 5) is 23.7. The first-order valence-corrected chi connectivity index (χ1v) is 7.90. The number of carboxylic acid groups (broad SMARTS) is 1. The lowest BCUT2D eigenvalue weighted by atomic mass is 10.1. The standard InChI is InChI=1S/C15H11BrINO3/c16-12-7-6-10(17)8-11(12)14(19)18-13(15(20)21)9-4-2-1-3-5-9/h1-8,13H,(H,18,19)(H,20,21)/t13-/m1/s1. The van der Waals surface area contributed by atoms with E-state index in [2.05, 4.69) is 43.8 Å². The maximum absolute atomic E-state index is 12.3. The number of rotatable bonds is 4. The van der Waals surface area contributed by atoms with E-state index in [1.54, 1.807) is 42.5 Å². The van der Waals surface area contributed by atoms with Gasteiger partial charge in [-0.1, -0.05) is 30.3 Å². The molecule has 0 heterocycles. The smallest absolute Gasteiger partial charge is 0.330 e. The second-order valence-electron chi connectivity index (χ2n) is 4.28. The summed E-state index contributed by atoms with van der Waals surface area (Å²) in [7, 11) is 0. The van der Waals surface area contributed by atoms with Crippen molar-refractivity contribution < 1.29 is 14.7 Å². The number of amides is 1. The quantitative estimate of drug-likeness (QED) is 0.686. The highest BCUT2D eigenvalue weighted by Crippen LogP contribution is 2.21. The summed E-state index contributed by atoms with van der Waals surface area (Å²) in [5.74, 6) is -1.53. The van der Waals surface area contributed by atoms with Gasteiger partial charge in [0.1, 0.15) is 0 Å². The van der Waals surface area contributed by atoms with E-state index in [1.165, 1.54) is 0 Å². The first-order chi connectivity index (χ1) is 9.99. The molecule has 2 aromatic rings. The van der Waals surface area contributed by atoms with Gasteiger partial charge in [-0.25, -0.2) is 4.79 Å². The zero-order valence-electron chi connectivity index (χ0n) is 10.7. The normalized spacial score (nSPS) is 11.7. The minimum absolute atomic E-state index is 0.407. The highest BCUT2D eigenvalue weighted by Gasteiger charge is 2.23. The predicted molar refractivity (Wildman–Crippen MR) is 91.1 cm³/mol. The molecule has 1 amide bonds. The molecule has 0 saturated heterocycles. The number of carboxylic acids is 1. The molecule has 1 atom stereocenters. The molecule has 2 N–H and O–H groups in total. The molecule has 0 aromatic heterocycles. The number of halogens is 2. The largest absolute Gasteiger partial charge is 0.479 e. The van der Waals surface area contributed by atoms with E-state index < -0.39 is 17.9 Å². The molecule has 0 aliphatic heterocycles. The second-order valence-corrected chi connectivity index (χ2v) is 6.38. The molecule has 0 bridgehead atoms. The second kappa shape index (κ2) is 7.04. The number of hydrogen-bond donors (Lipinski definition) is 2. The zero-order chi connectivity index (χ0) is 15.4. The first kappa shape index (κ1) is 16.0. The van der Waals surface area contributed by atoms with Crippen LogP contribution in [0.25, 0.3) is 0 Å². The average molecular weight is 460 g/mol. The van der Waals surface area contributed by atoms with Gasteiger partial charge >= 0.3 is 5.97 Å². The fraction of sp³-hybridized carbons (Fsp3) is 0.0667. The average Bonchev–Trinajstić information content (AvgIpc) is 2.47. The van der Waals surface area contributed by atoms with E-state index in [4.69, 9.17) is 0 Å². The van der Waals surface area contributed by atoms with Gasteiger partial charge in [0.05, 0.1) is 5.56 Å². The number of benzene rings is 2. The van der Waals surface area contributed by atoms with Gasteiger partial charge in [0.25, 0.3) is 5.91 Å².